The van der Waals surface area contributed by atoms with Crippen molar-refractivity contribution in [1.29, 1.82) is 0 Å². The van der Waals surface area contributed by atoms with Gasteiger partial charge in [-0.2, -0.15) is 0 Å². The fourth-order valence-corrected chi connectivity index (χ4v) is 2.36. The zero-order valence-electron chi connectivity index (χ0n) is 7.91. The van der Waals surface area contributed by atoms with Crippen molar-refractivity contribution in [2.45, 2.75) is 31.4 Å². The van der Waals surface area contributed by atoms with E-state index < -0.39 is 6.10 Å². The van der Waals surface area contributed by atoms with Gasteiger partial charge in [-0.25, -0.2) is 0 Å². The van der Waals surface area contributed by atoms with E-state index >= 15 is 0 Å². The van der Waals surface area contributed by atoms with Crippen molar-refractivity contribution in [3.8, 4) is 0 Å². The Kier molecular flexibility index (Phi) is 2.91. The maximum atomic E-state index is 9.99. The molecule has 0 spiro atoms. The molecule has 0 saturated heterocycles. The summed E-state index contributed by atoms with van der Waals surface area (Å²) in [6.07, 6.45) is 2.47. The third-order valence-electron chi connectivity index (χ3n) is 2.82. The van der Waals surface area contributed by atoms with Gasteiger partial charge in [0.2, 0.25) is 0 Å². The first kappa shape index (κ1) is 10.1. The summed E-state index contributed by atoms with van der Waals surface area (Å²) in [6.45, 7) is 0. The van der Waals surface area contributed by atoms with Crippen molar-refractivity contribution in [1.82, 2.24) is 0 Å². The Bertz CT molecular complexity index is 340. The Morgan fingerprint density at radius 2 is 2.21 bits per heavy atom. The molecule has 2 nitrogen and oxygen atoms in total. The Morgan fingerprint density at radius 1 is 1.43 bits per heavy atom. The molecule has 0 fully saturated rings. The lowest BCUT2D eigenvalue weighted by molar-refractivity contribution is 0.144. The van der Waals surface area contributed by atoms with Gasteiger partial charge in [-0.05, 0) is 42.5 Å². The van der Waals surface area contributed by atoms with E-state index in [1.165, 1.54) is 5.56 Å². The maximum Gasteiger partial charge on any atom is 0.0943 e. The second kappa shape index (κ2) is 4.01. The molecule has 0 saturated carbocycles. The number of aryl methyl sites for hydroxylation is 1. The fraction of sp³-hybridized carbons (Fsp3) is 0.455. The summed E-state index contributed by atoms with van der Waals surface area (Å²) in [5.74, 6) is 0. The van der Waals surface area contributed by atoms with Gasteiger partial charge in [0.05, 0.1) is 6.10 Å². The van der Waals surface area contributed by atoms with Crippen molar-refractivity contribution in [3.63, 3.8) is 0 Å². The first-order valence-electron chi connectivity index (χ1n) is 4.90. The first-order chi connectivity index (χ1) is 6.68. The van der Waals surface area contributed by atoms with Crippen LogP contribution in [0, 0.1) is 0 Å². The normalized spacial score (nSPS) is 26.8. The summed E-state index contributed by atoms with van der Waals surface area (Å²) in [6, 6.07) is 5.94. The molecule has 0 bridgehead atoms. The van der Waals surface area contributed by atoms with Crippen LogP contribution in [0.2, 0.25) is 0 Å². The highest BCUT2D eigenvalue weighted by Crippen LogP contribution is 2.29. The minimum absolute atomic E-state index is 0.120. The van der Waals surface area contributed by atoms with Crippen LogP contribution < -0.4 is 5.73 Å². The van der Waals surface area contributed by atoms with Crippen LogP contribution in [0.5, 0.6) is 0 Å². The van der Waals surface area contributed by atoms with Crippen molar-refractivity contribution < 1.29 is 5.11 Å². The van der Waals surface area contributed by atoms with E-state index in [1.54, 1.807) is 0 Å². The molecule has 1 aliphatic carbocycles. The molecule has 76 valence electrons. The highest BCUT2D eigenvalue weighted by Gasteiger charge is 2.22. The molecule has 2 rings (SSSR count). The van der Waals surface area contributed by atoms with Crippen molar-refractivity contribution in [3.05, 3.63) is 33.8 Å². The monoisotopic (exact) mass is 255 g/mol. The van der Waals surface area contributed by atoms with Crippen LogP contribution >= 0.6 is 15.9 Å². The number of benzene rings is 1. The Morgan fingerprint density at radius 3 is 3.00 bits per heavy atom. The molecule has 0 heterocycles. The maximum absolute atomic E-state index is 9.99. The number of hydrogen-bond donors (Lipinski definition) is 2. The SMILES string of the molecule is N[C@@H]1CCCc2ccc(Br)cc2[C@H]1O. The van der Waals surface area contributed by atoms with Gasteiger partial charge >= 0.3 is 0 Å². The minimum atomic E-state index is -0.509. The van der Waals surface area contributed by atoms with Gasteiger partial charge in [0, 0.05) is 10.5 Å². The van der Waals surface area contributed by atoms with Gasteiger partial charge in [0.25, 0.3) is 0 Å². The molecule has 0 unspecified atom stereocenters. The molecule has 0 radical (unpaired) electrons. The van der Waals surface area contributed by atoms with Crippen LogP contribution in [-0.4, -0.2) is 11.1 Å². The van der Waals surface area contributed by atoms with Crippen molar-refractivity contribution >= 4 is 15.9 Å². The summed E-state index contributed by atoms with van der Waals surface area (Å²) >= 11 is 3.41. The number of rotatable bonds is 0. The number of fused-ring (bicyclic) bond motifs is 1. The van der Waals surface area contributed by atoms with Gasteiger partial charge in [0.1, 0.15) is 0 Å². The summed E-state index contributed by atoms with van der Waals surface area (Å²) in [5, 5.41) is 9.99. The number of aliphatic hydroxyl groups excluding tert-OH is 1. The predicted octanol–water partition coefficient (Wildman–Crippen LogP) is 2.15. The molecule has 14 heavy (non-hydrogen) atoms. The van der Waals surface area contributed by atoms with Crippen LogP contribution in [-0.2, 0) is 6.42 Å². The predicted molar refractivity (Wildman–Crippen MR) is 60.0 cm³/mol. The number of hydrogen-bond acceptors (Lipinski definition) is 2. The zero-order chi connectivity index (χ0) is 10.1. The van der Waals surface area contributed by atoms with E-state index in [4.69, 9.17) is 5.73 Å². The van der Waals surface area contributed by atoms with Crippen LogP contribution in [0.3, 0.4) is 0 Å². The average Bonchev–Trinajstić information content (AvgIpc) is 2.30. The fourth-order valence-electron chi connectivity index (χ4n) is 1.99. The van der Waals surface area contributed by atoms with E-state index in [-0.39, 0.29) is 6.04 Å². The highest BCUT2D eigenvalue weighted by atomic mass is 79.9. The molecule has 1 aromatic carbocycles. The van der Waals surface area contributed by atoms with Crippen LogP contribution in [0.15, 0.2) is 22.7 Å². The van der Waals surface area contributed by atoms with Gasteiger partial charge in [-0.1, -0.05) is 22.0 Å². The number of halogens is 1. The van der Waals surface area contributed by atoms with Gasteiger partial charge in [0.15, 0.2) is 0 Å². The smallest absolute Gasteiger partial charge is 0.0943 e. The Hall–Kier alpha value is -0.380. The van der Waals surface area contributed by atoms with Gasteiger partial charge in [-0.15, -0.1) is 0 Å². The second-order valence-corrected chi connectivity index (χ2v) is 4.76. The molecular formula is C11H14BrNO. The molecule has 0 amide bonds. The Labute approximate surface area is 92.3 Å². The molecule has 0 aliphatic heterocycles. The van der Waals surface area contributed by atoms with Crippen LogP contribution in [0.25, 0.3) is 0 Å². The topological polar surface area (TPSA) is 46.2 Å². The highest BCUT2D eigenvalue weighted by molar-refractivity contribution is 9.10. The minimum Gasteiger partial charge on any atom is -0.387 e. The van der Waals surface area contributed by atoms with Crippen LogP contribution in [0.4, 0.5) is 0 Å². The van der Waals surface area contributed by atoms with E-state index in [1.807, 2.05) is 12.1 Å². The first-order valence-corrected chi connectivity index (χ1v) is 5.70. The van der Waals surface area contributed by atoms with Gasteiger partial charge in [-0.3, -0.25) is 0 Å². The summed E-state index contributed by atoms with van der Waals surface area (Å²) in [4.78, 5) is 0. The molecule has 3 heteroatoms. The lowest BCUT2D eigenvalue weighted by Gasteiger charge is -2.17. The summed E-state index contributed by atoms with van der Waals surface area (Å²) in [5.41, 5.74) is 8.10. The van der Waals surface area contributed by atoms with Crippen molar-refractivity contribution in [2.75, 3.05) is 0 Å². The molecule has 2 atom stereocenters. The quantitative estimate of drug-likeness (QED) is 0.698. The second-order valence-electron chi connectivity index (χ2n) is 3.84. The molecule has 1 aromatic rings. The van der Waals surface area contributed by atoms with E-state index in [0.717, 1.165) is 29.3 Å². The lowest BCUT2D eigenvalue weighted by Crippen LogP contribution is -2.27. The van der Waals surface area contributed by atoms with E-state index in [0.29, 0.717) is 0 Å². The lowest BCUT2D eigenvalue weighted by atomic mass is 9.99. The summed E-state index contributed by atoms with van der Waals surface area (Å²) < 4.78 is 1.00. The number of nitrogens with two attached hydrogens (primary N) is 1. The molecule has 1 aliphatic rings. The molecule has 0 aromatic heterocycles. The van der Waals surface area contributed by atoms with E-state index in [9.17, 15) is 5.11 Å². The Balaban J connectivity index is 2.44. The average molecular weight is 256 g/mol. The van der Waals surface area contributed by atoms with Crippen molar-refractivity contribution in [2.24, 2.45) is 5.73 Å². The zero-order valence-corrected chi connectivity index (χ0v) is 9.50. The third kappa shape index (κ3) is 1.85. The molecular weight excluding hydrogens is 242 g/mol. The third-order valence-corrected chi connectivity index (χ3v) is 3.31. The largest absolute Gasteiger partial charge is 0.387 e. The van der Waals surface area contributed by atoms with Crippen LogP contribution in [0.1, 0.15) is 30.1 Å². The summed E-state index contributed by atoms with van der Waals surface area (Å²) in [7, 11) is 0. The standard InChI is InChI=1S/C11H14BrNO/c12-8-5-4-7-2-1-3-10(13)11(14)9(7)6-8/h4-6,10-11,14H,1-3,13H2/t10-,11-/m1/s1. The van der Waals surface area contributed by atoms with Gasteiger partial charge < -0.3 is 10.8 Å². The molecule has 3 N–H and O–H groups in total. The number of aliphatic hydroxyl groups is 1. The van der Waals surface area contributed by atoms with E-state index in [2.05, 4.69) is 22.0 Å².